The van der Waals surface area contributed by atoms with Gasteiger partial charge in [0.15, 0.2) is 0 Å². The lowest BCUT2D eigenvalue weighted by atomic mass is 9.90. The summed E-state index contributed by atoms with van der Waals surface area (Å²) < 4.78 is 0. The van der Waals surface area contributed by atoms with E-state index in [0.29, 0.717) is 48.6 Å². The quantitative estimate of drug-likeness (QED) is 0.406. The van der Waals surface area contributed by atoms with Crippen molar-refractivity contribution in [3.05, 3.63) is 16.5 Å². The summed E-state index contributed by atoms with van der Waals surface area (Å²) in [4.78, 5) is 33.2. The van der Waals surface area contributed by atoms with Gasteiger partial charge in [0.1, 0.15) is 22.8 Å². The SMILES string of the molecule is CC[C@H](NNC(=O)O)C(=O)N1CCC(CCc2c(N)nc(C)nc2Cl)CC1. The summed E-state index contributed by atoms with van der Waals surface area (Å²) in [6.07, 6.45) is 2.69. The number of hydrogen-bond acceptors (Lipinski definition) is 6. The predicted octanol–water partition coefficient (Wildman–Crippen LogP) is 1.74. The summed E-state index contributed by atoms with van der Waals surface area (Å²) in [5, 5.41) is 9.08. The Labute approximate surface area is 163 Å². The maximum Gasteiger partial charge on any atom is 0.419 e. The van der Waals surface area contributed by atoms with Crippen LogP contribution < -0.4 is 16.6 Å². The Balaban J connectivity index is 1.83. The van der Waals surface area contributed by atoms with Gasteiger partial charge in [-0.15, -0.1) is 0 Å². The molecule has 1 aromatic rings. The Kier molecular flexibility index (Phi) is 7.61. The van der Waals surface area contributed by atoms with Crippen molar-refractivity contribution < 1.29 is 14.7 Å². The van der Waals surface area contributed by atoms with Gasteiger partial charge in [0.2, 0.25) is 5.91 Å². The van der Waals surface area contributed by atoms with E-state index >= 15 is 0 Å². The van der Waals surface area contributed by atoms with Gasteiger partial charge < -0.3 is 15.7 Å². The molecule has 0 spiro atoms. The number of halogens is 1. The first kappa shape index (κ1) is 21.2. The molecule has 9 nitrogen and oxygen atoms in total. The molecular formula is C17H27ClN6O3. The molecule has 1 atom stereocenters. The van der Waals surface area contributed by atoms with Crippen LogP contribution in [-0.2, 0) is 11.2 Å². The number of piperidine rings is 1. The summed E-state index contributed by atoms with van der Waals surface area (Å²) in [5.74, 6) is 1.38. The Morgan fingerprint density at radius 2 is 2.04 bits per heavy atom. The van der Waals surface area contributed by atoms with Crippen LogP contribution in [0.2, 0.25) is 5.15 Å². The van der Waals surface area contributed by atoms with E-state index in [1.165, 1.54) is 0 Å². The van der Waals surface area contributed by atoms with Crippen molar-refractivity contribution in [1.82, 2.24) is 25.7 Å². The Bertz CT molecular complexity index is 656. The van der Waals surface area contributed by atoms with E-state index in [0.717, 1.165) is 24.8 Å². The average molecular weight is 399 g/mol. The molecule has 1 aliphatic heterocycles. The molecule has 1 aromatic heterocycles. The number of carboxylic acid groups (broad SMARTS) is 1. The number of nitrogens with one attached hydrogen (secondary N) is 2. The van der Waals surface area contributed by atoms with Crippen molar-refractivity contribution in [1.29, 1.82) is 0 Å². The minimum absolute atomic E-state index is 0.0797. The molecule has 0 saturated carbocycles. The fraction of sp³-hybridized carbons (Fsp3) is 0.647. The maximum atomic E-state index is 12.5. The summed E-state index contributed by atoms with van der Waals surface area (Å²) in [6.45, 7) is 4.90. The first-order valence-electron chi connectivity index (χ1n) is 9.13. The van der Waals surface area contributed by atoms with Gasteiger partial charge in [-0.1, -0.05) is 18.5 Å². The van der Waals surface area contributed by atoms with Crippen LogP contribution in [0.1, 0.15) is 44.0 Å². The number of anilines is 1. The fourth-order valence-electron chi connectivity index (χ4n) is 3.31. The Hall–Kier alpha value is -2.13. The molecule has 5 N–H and O–H groups in total. The lowest BCUT2D eigenvalue weighted by Crippen LogP contribution is -2.53. The molecular weight excluding hydrogens is 372 g/mol. The molecule has 0 aliphatic carbocycles. The molecule has 0 radical (unpaired) electrons. The summed E-state index contributed by atoms with van der Waals surface area (Å²) in [7, 11) is 0. The molecule has 2 amide bonds. The molecule has 10 heteroatoms. The van der Waals surface area contributed by atoms with Crippen molar-refractivity contribution >= 4 is 29.4 Å². The van der Waals surface area contributed by atoms with Crippen LogP contribution in [0.5, 0.6) is 0 Å². The van der Waals surface area contributed by atoms with Crippen molar-refractivity contribution in [2.45, 2.75) is 52.0 Å². The van der Waals surface area contributed by atoms with E-state index in [1.54, 1.807) is 11.8 Å². The topological polar surface area (TPSA) is 133 Å². The molecule has 0 aromatic carbocycles. The number of nitrogens with zero attached hydrogens (tertiary/aromatic N) is 3. The average Bonchev–Trinajstić information content (AvgIpc) is 2.61. The second-order valence-corrected chi connectivity index (χ2v) is 7.13. The number of nitrogens with two attached hydrogens (primary N) is 1. The fourth-order valence-corrected chi connectivity index (χ4v) is 3.62. The summed E-state index contributed by atoms with van der Waals surface area (Å²) in [6, 6.07) is -0.555. The van der Waals surface area contributed by atoms with Gasteiger partial charge in [-0.3, -0.25) is 10.2 Å². The van der Waals surface area contributed by atoms with Gasteiger partial charge in [0.25, 0.3) is 0 Å². The highest BCUT2D eigenvalue weighted by Crippen LogP contribution is 2.26. The number of rotatable bonds is 7. The third-order valence-corrected chi connectivity index (χ3v) is 5.20. The van der Waals surface area contributed by atoms with Crippen LogP contribution in [0.15, 0.2) is 0 Å². The highest BCUT2D eigenvalue weighted by Gasteiger charge is 2.27. The van der Waals surface area contributed by atoms with Crippen LogP contribution in [0, 0.1) is 12.8 Å². The standard InChI is InChI=1S/C17H27ClN6O3/c1-3-13(22-23-17(26)27)16(25)24-8-6-11(7-9-24)4-5-12-14(18)20-10(2)21-15(12)19/h11,13,22-23H,3-9H2,1-2H3,(H,26,27)(H2,19,20,21)/t13-/m0/s1. The minimum Gasteiger partial charge on any atom is -0.464 e. The predicted molar refractivity (Wildman–Crippen MR) is 102 cm³/mol. The summed E-state index contributed by atoms with van der Waals surface area (Å²) in [5.41, 5.74) is 11.4. The number of nitrogen functional groups attached to an aromatic ring is 1. The number of hydrazine groups is 1. The molecule has 1 aliphatic rings. The number of amides is 2. The highest BCUT2D eigenvalue weighted by atomic mass is 35.5. The first-order chi connectivity index (χ1) is 12.8. The van der Waals surface area contributed by atoms with E-state index in [1.807, 2.05) is 6.92 Å². The molecule has 1 saturated heterocycles. The number of carbonyl (C=O) groups is 2. The van der Waals surface area contributed by atoms with Crippen molar-refractivity contribution in [2.24, 2.45) is 5.92 Å². The van der Waals surface area contributed by atoms with Gasteiger partial charge in [-0.05, 0) is 44.9 Å². The molecule has 2 heterocycles. The number of aromatic nitrogens is 2. The molecule has 27 heavy (non-hydrogen) atoms. The second kappa shape index (κ2) is 9.70. The van der Waals surface area contributed by atoms with Crippen LogP contribution >= 0.6 is 11.6 Å². The first-order valence-corrected chi connectivity index (χ1v) is 9.51. The zero-order valence-electron chi connectivity index (χ0n) is 15.7. The van der Waals surface area contributed by atoms with Gasteiger partial charge in [0.05, 0.1) is 0 Å². The van der Waals surface area contributed by atoms with Crippen LogP contribution in [-0.4, -0.2) is 51.1 Å². The number of likely N-dealkylation sites (tertiary alicyclic amines) is 1. The van der Waals surface area contributed by atoms with Crippen LogP contribution in [0.25, 0.3) is 0 Å². The lowest BCUT2D eigenvalue weighted by molar-refractivity contribution is -0.135. The van der Waals surface area contributed by atoms with Crippen molar-refractivity contribution in [3.8, 4) is 0 Å². The molecule has 150 valence electrons. The molecule has 1 fully saturated rings. The van der Waals surface area contributed by atoms with Gasteiger partial charge >= 0.3 is 6.09 Å². The Morgan fingerprint density at radius 1 is 1.37 bits per heavy atom. The van der Waals surface area contributed by atoms with E-state index in [2.05, 4.69) is 20.8 Å². The number of hydrogen-bond donors (Lipinski definition) is 4. The van der Waals surface area contributed by atoms with Gasteiger partial charge in [0, 0.05) is 18.7 Å². The van der Waals surface area contributed by atoms with Gasteiger partial charge in [-0.25, -0.2) is 20.2 Å². The zero-order valence-corrected chi connectivity index (χ0v) is 16.4. The normalized spacial score (nSPS) is 16.2. The maximum absolute atomic E-state index is 12.5. The molecule has 0 bridgehead atoms. The van der Waals surface area contributed by atoms with E-state index in [9.17, 15) is 9.59 Å². The van der Waals surface area contributed by atoms with E-state index in [4.69, 9.17) is 22.4 Å². The van der Waals surface area contributed by atoms with Crippen molar-refractivity contribution in [2.75, 3.05) is 18.8 Å². The largest absolute Gasteiger partial charge is 0.464 e. The van der Waals surface area contributed by atoms with Crippen molar-refractivity contribution in [3.63, 3.8) is 0 Å². The number of aryl methyl sites for hydroxylation is 1. The van der Waals surface area contributed by atoms with Gasteiger partial charge in [-0.2, -0.15) is 0 Å². The number of carbonyl (C=O) groups excluding carboxylic acids is 1. The monoisotopic (exact) mass is 398 g/mol. The van der Waals surface area contributed by atoms with Crippen LogP contribution in [0.3, 0.4) is 0 Å². The molecule has 0 unspecified atom stereocenters. The minimum atomic E-state index is -1.21. The zero-order chi connectivity index (χ0) is 20.0. The Morgan fingerprint density at radius 3 is 2.59 bits per heavy atom. The summed E-state index contributed by atoms with van der Waals surface area (Å²) >= 11 is 6.18. The smallest absolute Gasteiger partial charge is 0.419 e. The van der Waals surface area contributed by atoms with Crippen LogP contribution in [0.4, 0.5) is 10.6 Å². The highest BCUT2D eigenvalue weighted by molar-refractivity contribution is 6.30. The third-order valence-electron chi connectivity index (χ3n) is 4.89. The third kappa shape index (κ3) is 5.93. The van der Waals surface area contributed by atoms with E-state index < -0.39 is 12.1 Å². The van der Waals surface area contributed by atoms with E-state index in [-0.39, 0.29) is 5.91 Å². The lowest BCUT2D eigenvalue weighted by Gasteiger charge is -2.34. The molecule has 2 rings (SSSR count). The second-order valence-electron chi connectivity index (χ2n) is 6.77.